The number of aliphatic carboxylic acids is 1. The highest BCUT2D eigenvalue weighted by Crippen LogP contribution is 2.28. The molecule has 3 aromatic carbocycles. The van der Waals surface area contributed by atoms with Crippen molar-refractivity contribution in [1.82, 2.24) is 0 Å². The van der Waals surface area contributed by atoms with Crippen LogP contribution >= 0.6 is 0 Å². The molecule has 1 N–H and O–H groups in total. The molecule has 0 aliphatic heterocycles. The van der Waals surface area contributed by atoms with Crippen molar-refractivity contribution in [2.24, 2.45) is 0 Å². The van der Waals surface area contributed by atoms with Crippen LogP contribution in [0.1, 0.15) is 47.2 Å². The van der Waals surface area contributed by atoms with Crippen LogP contribution in [0, 0.1) is 5.82 Å². The highest BCUT2D eigenvalue weighted by molar-refractivity contribution is 6.09. The molecule has 36 heavy (non-hydrogen) atoms. The Labute approximate surface area is 209 Å². The number of ether oxygens (including phenoxy) is 3. The summed E-state index contributed by atoms with van der Waals surface area (Å²) in [6.07, 6.45) is 2.93. The van der Waals surface area contributed by atoms with Crippen LogP contribution in [-0.4, -0.2) is 42.3 Å². The molecule has 4 rings (SSSR count). The second kappa shape index (κ2) is 11.8. The topological polar surface area (TPSA) is 82.1 Å². The van der Waals surface area contributed by atoms with Gasteiger partial charge in [0.25, 0.3) is 0 Å². The van der Waals surface area contributed by atoms with Crippen LogP contribution < -0.4 is 9.47 Å². The molecular formula is C29H29FO6. The minimum absolute atomic E-state index is 0.129. The van der Waals surface area contributed by atoms with Crippen LogP contribution in [0.25, 0.3) is 0 Å². The predicted octanol–water partition coefficient (Wildman–Crippen LogP) is 5.47. The predicted molar refractivity (Wildman–Crippen MR) is 132 cm³/mol. The number of halogens is 1. The van der Waals surface area contributed by atoms with E-state index >= 15 is 0 Å². The van der Waals surface area contributed by atoms with Crippen LogP contribution in [0.5, 0.6) is 11.5 Å². The average molecular weight is 493 g/mol. The Balaban J connectivity index is 1.37. The maximum absolute atomic E-state index is 13.1. The molecule has 3 atom stereocenters. The molecular weight excluding hydrogens is 463 g/mol. The van der Waals surface area contributed by atoms with Crippen molar-refractivity contribution in [3.05, 3.63) is 95.3 Å². The van der Waals surface area contributed by atoms with Gasteiger partial charge in [-0.05, 0) is 91.9 Å². The number of carbonyl (C=O) groups excluding carboxylic acids is 1. The molecule has 7 heteroatoms. The number of carbonyl (C=O) groups is 2. The van der Waals surface area contributed by atoms with Crippen molar-refractivity contribution < 1.29 is 33.3 Å². The Morgan fingerprint density at radius 3 is 1.78 bits per heavy atom. The Bertz CT molecular complexity index is 1160. The first kappa shape index (κ1) is 25.4. The summed E-state index contributed by atoms with van der Waals surface area (Å²) < 4.78 is 30.6. The standard InChI is InChI=1S/C29H29FO6/c1-34-27(29(32)33)18-19-6-14-23(15-7-19)35-25-4-2-3-5-26(25)36-24-16-10-21(11-17-24)28(31)20-8-12-22(30)13-9-20/h6-17,25-27H,2-5,18H2,1H3,(H,32,33)/t25?,26?,27-/m0/s1. The maximum Gasteiger partial charge on any atom is 0.333 e. The van der Waals surface area contributed by atoms with Crippen LogP contribution in [0.4, 0.5) is 4.39 Å². The SMILES string of the molecule is CO[C@@H](Cc1ccc(OC2CCCCC2Oc2ccc(C(=O)c3ccc(F)cc3)cc2)cc1)C(=O)O. The number of carboxylic acid groups (broad SMARTS) is 1. The average Bonchev–Trinajstić information content (AvgIpc) is 2.89. The number of rotatable bonds is 10. The van der Waals surface area contributed by atoms with Gasteiger partial charge in [-0.25, -0.2) is 9.18 Å². The van der Waals surface area contributed by atoms with E-state index in [1.54, 1.807) is 24.3 Å². The third-order valence-electron chi connectivity index (χ3n) is 6.34. The van der Waals surface area contributed by atoms with Crippen LogP contribution in [0.2, 0.25) is 0 Å². The monoisotopic (exact) mass is 492 g/mol. The van der Waals surface area contributed by atoms with E-state index in [2.05, 4.69) is 0 Å². The molecule has 3 aromatic rings. The van der Waals surface area contributed by atoms with E-state index in [0.29, 0.717) is 22.6 Å². The molecule has 188 valence electrons. The summed E-state index contributed by atoms with van der Waals surface area (Å²) in [5.74, 6) is -0.199. The van der Waals surface area contributed by atoms with Crippen LogP contribution in [-0.2, 0) is 16.0 Å². The van der Waals surface area contributed by atoms with E-state index in [-0.39, 0.29) is 30.2 Å². The zero-order valence-corrected chi connectivity index (χ0v) is 20.1. The number of hydrogen-bond donors (Lipinski definition) is 1. The summed E-state index contributed by atoms with van der Waals surface area (Å²) in [5.41, 5.74) is 1.78. The molecule has 1 aliphatic rings. The van der Waals surface area contributed by atoms with Gasteiger partial charge in [0.2, 0.25) is 0 Å². The minimum Gasteiger partial charge on any atom is -0.487 e. The lowest BCUT2D eigenvalue weighted by Gasteiger charge is -2.32. The second-order valence-corrected chi connectivity index (χ2v) is 8.87. The van der Waals surface area contributed by atoms with Gasteiger partial charge in [0, 0.05) is 24.7 Å². The number of ketones is 1. The molecule has 0 bridgehead atoms. The summed E-state index contributed by atoms with van der Waals surface area (Å²) in [5, 5.41) is 9.17. The lowest BCUT2D eigenvalue weighted by atomic mass is 9.94. The van der Waals surface area contributed by atoms with Crippen molar-refractivity contribution in [2.45, 2.75) is 50.4 Å². The van der Waals surface area contributed by atoms with Gasteiger partial charge in [-0.2, -0.15) is 0 Å². The van der Waals surface area contributed by atoms with E-state index in [1.807, 2.05) is 24.3 Å². The Kier molecular flexibility index (Phi) is 8.33. The summed E-state index contributed by atoms with van der Waals surface area (Å²) in [7, 11) is 1.39. The van der Waals surface area contributed by atoms with E-state index < -0.39 is 12.1 Å². The normalized spacial score (nSPS) is 18.3. The van der Waals surface area contributed by atoms with Crippen molar-refractivity contribution in [2.75, 3.05) is 7.11 Å². The smallest absolute Gasteiger partial charge is 0.333 e. The lowest BCUT2D eigenvalue weighted by molar-refractivity contribution is -0.148. The quantitative estimate of drug-likeness (QED) is 0.378. The molecule has 6 nitrogen and oxygen atoms in total. The van der Waals surface area contributed by atoms with Gasteiger partial charge in [-0.1, -0.05) is 12.1 Å². The molecule has 1 saturated carbocycles. The molecule has 0 aromatic heterocycles. The van der Waals surface area contributed by atoms with Crippen LogP contribution in [0.15, 0.2) is 72.8 Å². The third kappa shape index (κ3) is 6.49. The van der Waals surface area contributed by atoms with Crippen molar-refractivity contribution in [3.8, 4) is 11.5 Å². The molecule has 2 unspecified atom stereocenters. The molecule has 0 spiro atoms. The Hall–Kier alpha value is -3.71. The van der Waals surface area contributed by atoms with Gasteiger partial charge in [0.05, 0.1) is 0 Å². The highest BCUT2D eigenvalue weighted by Gasteiger charge is 2.29. The largest absolute Gasteiger partial charge is 0.487 e. The number of carboxylic acids is 1. The van der Waals surface area contributed by atoms with Crippen molar-refractivity contribution in [3.63, 3.8) is 0 Å². The first-order chi connectivity index (χ1) is 17.4. The molecule has 1 fully saturated rings. The van der Waals surface area contributed by atoms with Crippen molar-refractivity contribution >= 4 is 11.8 Å². The molecule has 1 aliphatic carbocycles. The number of methoxy groups -OCH3 is 1. The fourth-order valence-corrected chi connectivity index (χ4v) is 4.32. The third-order valence-corrected chi connectivity index (χ3v) is 6.34. The summed E-state index contributed by atoms with van der Waals surface area (Å²) in [6.45, 7) is 0. The van der Waals surface area contributed by atoms with Gasteiger partial charge in [-0.3, -0.25) is 4.79 Å². The number of hydrogen-bond acceptors (Lipinski definition) is 5. The lowest BCUT2D eigenvalue weighted by Crippen LogP contribution is -2.39. The van der Waals surface area contributed by atoms with E-state index in [9.17, 15) is 14.0 Å². The minimum atomic E-state index is -0.993. The number of benzene rings is 3. The Morgan fingerprint density at radius 2 is 1.31 bits per heavy atom. The van der Waals surface area contributed by atoms with Gasteiger partial charge < -0.3 is 19.3 Å². The van der Waals surface area contributed by atoms with E-state index in [1.165, 1.54) is 31.4 Å². The first-order valence-corrected chi connectivity index (χ1v) is 12.0. The van der Waals surface area contributed by atoms with Gasteiger partial charge in [0.15, 0.2) is 11.9 Å². The van der Waals surface area contributed by atoms with E-state index in [0.717, 1.165) is 31.2 Å². The molecule has 0 amide bonds. The zero-order chi connectivity index (χ0) is 25.5. The van der Waals surface area contributed by atoms with Gasteiger partial charge in [-0.15, -0.1) is 0 Å². The molecule has 0 heterocycles. The summed E-state index contributed by atoms with van der Waals surface area (Å²) >= 11 is 0. The van der Waals surface area contributed by atoms with Crippen LogP contribution in [0.3, 0.4) is 0 Å². The summed E-state index contributed by atoms with van der Waals surface area (Å²) in [4.78, 5) is 23.8. The second-order valence-electron chi connectivity index (χ2n) is 8.87. The van der Waals surface area contributed by atoms with E-state index in [4.69, 9.17) is 19.3 Å². The fraction of sp³-hybridized carbons (Fsp3) is 0.310. The van der Waals surface area contributed by atoms with Crippen molar-refractivity contribution in [1.29, 1.82) is 0 Å². The Morgan fingerprint density at radius 1 is 0.833 bits per heavy atom. The zero-order valence-electron chi connectivity index (χ0n) is 20.1. The maximum atomic E-state index is 13.1. The van der Waals surface area contributed by atoms with Gasteiger partial charge in [0.1, 0.15) is 29.5 Å². The van der Waals surface area contributed by atoms with Gasteiger partial charge >= 0.3 is 5.97 Å². The first-order valence-electron chi connectivity index (χ1n) is 12.0. The molecule has 0 saturated heterocycles. The highest BCUT2D eigenvalue weighted by atomic mass is 19.1. The fourth-order valence-electron chi connectivity index (χ4n) is 4.32. The summed E-state index contributed by atoms with van der Waals surface area (Å²) in [6, 6.07) is 19.8. The molecule has 0 radical (unpaired) electrons.